The largest absolute Gasteiger partial charge is 0.469 e. The van der Waals surface area contributed by atoms with Crippen molar-refractivity contribution in [3.63, 3.8) is 0 Å². The summed E-state index contributed by atoms with van der Waals surface area (Å²) >= 11 is 0. The van der Waals surface area contributed by atoms with E-state index >= 15 is 0 Å². The standard InChI is InChI=1S/C14H20O4/c1-8-10(15)5-7-14(2)6-4-9(13(17)18-3)12(16)11(8)14/h9,12,16H,4-7H2,1-3H3. The topological polar surface area (TPSA) is 63.6 Å². The number of methoxy groups -OCH3 is 1. The van der Waals surface area contributed by atoms with Crippen molar-refractivity contribution in [2.75, 3.05) is 7.11 Å². The highest BCUT2D eigenvalue weighted by Gasteiger charge is 2.47. The number of aliphatic hydroxyl groups excluding tert-OH is 1. The molecule has 0 heterocycles. The summed E-state index contributed by atoms with van der Waals surface area (Å²) < 4.78 is 4.73. The van der Waals surface area contributed by atoms with Crippen molar-refractivity contribution in [2.45, 2.75) is 45.6 Å². The molecule has 0 aromatic carbocycles. The van der Waals surface area contributed by atoms with E-state index in [-0.39, 0.29) is 17.2 Å². The minimum Gasteiger partial charge on any atom is -0.469 e. The Morgan fingerprint density at radius 1 is 1.44 bits per heavy atom. The molecule has 1 fully saturated rings. The Morgan fingerprint density at radius 2 is 2.11 bits per heavy atom. The van der Waals surface area contributed by atoms with Crippen LogP contribution in [0.25, 0.3) is 0 Å². The number of hydrogen-bond donors (Lipinski definition) is 1. The van der Waals surface area contributed by atoms with Crippen molar-refractivity contribution in [3.05, 3.63) is 11.1 Å². The lowest BCUT2D eigenvalue weighted by atomic mass is 9.60. The van der Waals surface area contributed by atoms with Gasteiger partial charge in [0.2, 0.25) is 0 Å². The predicted octanol–water partition coefficient (Wildman–Crippen LogP) is 1.62. The Bertz CT molecular complexity index is 424. The van der Waals surface area contributed by atoms with Crippen molar-refractivity contribution in [2.24, 2.45) is 11.3 Å². The number of ketones is 1. The van der Waals surface area contributed by atoms with Gasteiger partial charge in [0.15, 0.2) is 5.78 Å². The number of esters is 1. The molecule has 0 saturated heterocycles. The SMILES string of the molecule is COC(=O)C1CCC2(C)CCC(=O)C(C)=C2C1O. The van der Waals surface area contributed by atoms with Gasteiger partial charge in [0.05, 0.1) is 19.1 Å². The van der Waals surface area contributed by atoms with E-state index in [1.165, 1.54) is 7.11 Å². The van der Waals surface area contributed by atoms with Crippen LogP contribution in [-0.4, -0.2) is 30.1 Å². The molecule has 0 radical (unpaired) electrons. The molecule has 1 saturated carbocycles. The van der Waals surface area contributed by atoms with Crippen LogP contribution in [0.15, 0.2) is 11.1 Å². The fourth-order valence-corrected chi connectivity index (χ4v) is 3.38. The van der Waals surface area contributed by atoms with Crippen LogP contribution in [0, 0.1) is 11.3 Å². The highest BCUT2D eigenvalue weighted by molar-refractivity contribution is 5.97. The summed E-state index contributed by atoms with van der Waals surface area (Å²) in [6.45, 7) is 3.84. The first-order valence-electron chi connectivity index (χ1n) is 6.41. The van der Waals surface area contributed by atoms with Gasteiger partial charge in [-0.3, -0.25) is 9.59 Å². The number of aliphatic hydroxyl groups is 1. The Hall–Kier alpha value is -1.16. The van der Waals surface area contributed by atoms with Gasteiger partial charge in [-0.05, 0) is 42.7 Å². The third-order valence-corrected chi connectivity index (χ3v) is 4.56. The molecule has 0 aliphatic heterocycles. The molecule has 2 aliphatic rings. The highest BCUT2D eigenvalue weighted by Crippen LogP contribution is 2.50. The zero-order chi connectivity index (χ0) is 13.5. The minimum absolute atomic E-state index is 0.0899. The number of ether oxygens (including phenoxy) is 1. The summed E-state index contributed by atoms with van der Waals surface area (Å²) in [7, 11) is 1.33. The second-order valence-corrected chi connectivity index (χ2v) is 5.64. The third kappa shape index (κ3) is 1.88. The van der Waals surface area contributed by atoms with E-state index in [9.17, 15) is 14.7 Å². The van der Waals surface area contributed by atoms with E-state index in [0.717, 1.165) is 18.4 Å². The maximum absolute atomic E-state index is 11.8. The van der Waals surface area contributed by atoms with Crippen LogP contribution in [0.4, 0.5) is 0 Å². The lowest BCUT2D eigenvalue weighted by Crippen LogP contribution is -2.45. The molecule has 4 nitrogen and oxygen atoms in total. The van der Waals surface area contributed by atoms with Gasteiger partial charge in [-0.1, -0.05) is 6.92 Å². The summed E-state index contributed by atoms with van der Waals surface area (Å²) in [4.78, 5) is 23.5. The number of rotatable bonds is 1. The lowest BCUT2D eigenvalue weighted by molar-refractivity contribution is -0.151. The second kappa shape index (κ2) is 4.50. The van der Waals surface area contributed by atoms with Gasteiger partial charge >= 0.3 is 5.97 Å². The van der Waals surface area contributed by atoms with E-state index < -0.39 is 12.0 Å². The maximum atomic E-state index is 11.8. The van der Waals surface area contributed by atoms with Gasteiger partial charge in [0, 0.05) is 6.42 Å². The first-order chi connectivity index (χ1) is 8.40. The smallest absolute Gasteiger partial charge is 0.311 e. The molecule has 0 amide bonds. The average Bonchev–Trinajstić information content (AvgIpc) is 2.34. The van der Waals surface area contributed by atoms with E-state index in [0.29, 0.717) is 18.4 Å². The molecule has 3 atom stereocenters. The van der Waals surface area contributed by atoms with Crippen LogP contribution >= 0.6 is 0 Å². The molecule has 18 heavy (non-hydrogen) atoms. The molecule has 4 heteroatoms. The quantitative estimate of drug-likeness (QED) is 0.720. The summed E-state index contributed by atoms with van der Waals surface area (Å²) in [5.74, 6) is -0.825. The monoisotopic (exact) mass is 252 g/mol. The molecule has 0 bridgehead atoms. The fraction of sp³-hybridized carbons (Fsp3) is 0.714. The number of hydrogen-bond acceptors (Lipinski definition) is 4. The number of fused-ring (bicyclic) bond motifs is 1. The summed E-state index contributed by atoms with van der Waals surface area (Å²) in [5.41, 5.74) is 1.27. The van der Waals surface area contributed by atoms with Gasteiger partial charge in [-0.2, -0.15) is 0 Å². The van der Waals surface area contributed by atoms with Crippen molar-refractivity contribution >= 4 is 11.8 Å². The van der Waals surface area contributed by atoms with Crippen molar-refractivity contribution in [1.82, 2.24) is 0 Å². The van der Waals surface area contributed by atoms with E-state index in [1.54, 1.807) is 6.92 Å². The van der Waals surface area contributed by atoms with E-state index in [4.69, 9.17) is 4.74 Å². The molecule has 0 aromatic rings. The van der Waals surface area contributed by atoms with Crippen LogP contribution in [0.2, 0.25) is 0 Å². The number of allylic oxidation sites excluding steroid dienone is 1. The lowest BCUT2D eigenvalue weighted by Gasteiger charge is -2.45. The average molecular weight is 252 g/mol. The van der Waals surface area contributed by atoms with Crippen LogP contribution in [0.5, 0.6) is 0 Å². The van der Waals surface area contributed by atoms with Crippen LogP contribution < -0.4 is 0 Å². The summed E-state index contributed by atoms with van der Waals surface area (Å²) in [6, 6.07) is 0. The van der Waals surface area contributed by atoms with Gasteiger partial charge in [-0.25, -0.2) is 0 Å². The van der Waals surface area contributed by atoms with E-state index in [1.807, 2.05) is 0 Å². The second-order valence-electron chi connectivity index (χ2n) is 5.64. The van der Waals surface area contributed by atoms with Crippen LogP contribution in [0.3, 0.4) is 0 Å². The first kappa shape index (κ1) is 13.3. The Labute approximate surface area is 107 Å². The Balaban J connectivity index is 2.41. The Kier molecular flexibility index (Phi) is 3.32. The zero-order valence-electron chi connectivity index (χ0n) is 11.2. The fourth-order valence-electron chi connectivity index (χ4n) is 3.38. The van der Waals surface area contributed by atoms with Gasteiger partial charge < -0.3 is 9.84 Å². The molecule has 2 rings (SSSR count). The zero-order valence-corrected chi connectivity index (χ0v) is 11.2. The summed E-state index contributed by atoms with van der Waals surface area (Å²) in [6.07, 6.45) is 1.88. The molecule has 0 aromatic heterocycles. The molecule has 100 valence electrons. The molecule has 0 spiro atoms. The van der Waals surface area contributed by atoms with Crippen LogP contribution in [-0.2, 0) is 14.3 Å². The minimum atomic E-state index is -0.875. The van der Waals surface area contributed by atoms with Gasteiger partial charge in [0.1, 0.15) is 0 Å². The first-order valence-corrected chi connectivity index (χ1v) is 6.41. The van der Waals surface area contributed by atoms with E-state index in [2.05, 4.69) is 6.92 Å². The molecule has 2 aliphatic carbocycles. The molecule has 1 N–H and O–H groups in total. The highest BCUT2D eigenvalue weighted by atomic mass is 16.5. The van der Waals surface area contributed by atoms with Crippen molar-refractivity contribution in [3.8, 4) is 0 Å². The normalized spacial score (nSPS) is 36.3. The Morgan fingerprint density at radius 3 is 2.72 bits per heavy atom. The molecular weight excluding hydrogens is 232 g/mol. The molecular formula is C14H20O4. The van der Waals surface area contributed by atoms with Gasteiger partial charge in [0.25, 0.3) is 0 Å². The predicted molar refractivity (Wildman–Crippen MR) is 65.8 cm³/mol. The van der Waals surface area contributed by atoms with Crippen molar-refractivity contribution < 1.29 is 19.4 Å². The number of Topliss-reactive ketones (excluding diaryl/α,β-unsaturated/α-hetero) is 1. The van der Waals surface area contributed by atoms with Crippen LogP contribution in [0.1, 0.15) is 39.5 Å². The maximum Gasteiger partial charge on any atom is 0.311 e. The number of carbonyl (C=O) groups excluding carboxylic acids is 2. The number of carbonyl (C=O) groups is 2. The van der Waals surface area contributed by atoms with Crippen molar-refractivity contribution in [1.29, 1.82) is 0 Å². The van der Waals surface area contributed by atoms with Gasteiger partial charge in [-0.15, -0.1) is 0 Å². The third-order valence-electron chi connectivity index (χ3n) is 4.56. The molecule has 3 unspecified atom stereocenters. The summed E-state index contributed by atoms with van der Waals surface area (Å²) in [5, 5.41) is 10.4.